The third-order valence-electron chi connectivity index (χ3n) is 5.39. The molecule has 0 unspecified atom stereocenters. The number of rotatable bonds is 10. The SMILES string of the molecule is C/C=C(/C(=C/CS(=O)(=O)c1ccccc1)S(=O)(=O)c1ccc([N+](=O)[O-])cc1)S(=O)(=O)c1ccc([N+](=O)[O-])cc1. The zero-order valence-corrected chi connectivity index (χ0v) is 22.5. The summed E-state index contributed by atoms with van der Waals surface area (Å²) >= 11 is 0. The zero-order chi connectivity index (χ0) is 29.0. The summed E-state index contributed by atoms with van der Waals surface area (Å²) in [7, 11) is -13.5. The first kappa shape index (κ1) is 29.3. The Hall–Kier alpha value is -4.21. The molecule has 0 bridgehead atoms. The number of nitro benzene ring substituents is 2. The van der Waals surface area contributed by atoms with Gasteiger partial charge in [-0.15, -0.1) is 0 Å². The van der Waals surface area contributed by atoms with E-state index >= 15 is 0 Å². The monoisotopic (exact) mass is 592 g/mol. The van der Waals surface area contributed by atoms with Crippen LogP contribution in [0.15, 0.2) is 116 Å². The minimum atomic E-state index is -4.75. The summed E-state index contributed by atoms with van der Waals surface area (Å²) in [5.41, 5.74) is -0.824. The van der Waals surface area contributed by atoms with Crippen LogP contribution in [0.5, 0.6) is 0 Å². The van der Waals surface area contributed by atoms with Crippen LogP contribution in [0.1, 0.15) is 6.92 Å². The van der Waals surface area contributed by atoms with Gasteiger partial charge < -0.3 is 0 Å². The number of nitro groups is 2. The van der Waals surface area contributed by atoms with Crippen molar-refractivity contribution in [2.75, 3.05) is 5.75 Å². The number of hydrogen-bond donors (Lipinski definition) is 0. The molecule has 0 radical (unpaired) electrons. The minimum absolute atomic E-state index is 0.131. The largest absolute Gasteiger partial charge is 0.269 e. The molecule has 3 aromatic rings. The first-order valence-electron chi connectivity index (χ1n) is 10.9. The van der Waals surface area contributed by atoms with Crippen molar-refractivity contribution in [3.8, 4) is 0 Å². The molecule has 12 nitrogen and oxygen atoms in total. The number of non-ortho nitro benzene ring substituents is 2. The van der Waals surface area contributed by atoms with E-state index in [1.165, 1.54) is 31.2 Å². The molecule has 0 aliphatic rings. The molecule has 0 aromatic heterocycles. The van der Waals surface area contributed by atoms with Crippen LogP contribution in [-0.2, 0) is 29.5 Å². The number of sulfone groups is 3. The van der Waals surface area contributed by atoms with E-state index in [9.17, 15) is 45.5 Å². The van der Waals surface area contributed by atoms with Crippen molar-refractivity contribution >= 4 is 40.9 Å². The van der Waals surface area contributed by atoms with Crippen LogP contribution in [0, 0.1) is 20.2 Å². The van der Waals surface area contributed by atoms with Gasteiger partial charge in [-0.25, -0.2) is 25.3 Å². The molecule has 0 atom stereocenters. The fourth-order valence-corrected chi connectivity index (χ4v) is 8.18. The van der Waals surface area contributed by atoms with Crippen LogP contribution < -0.4 is 0 Å². The molecule has 0 aliphatic heterocycles. The lowest BCUT2D eigenvalue weighted by Gasteiger charge is -2.15. The Kier molecular flexibility index (Phi) is 8.48. The lowest BCUT2D eigenvalue weighted by atomic mass is 10.3. The predicted molar refractivity (Wildman–Crippen MR) is 141 cm³/mol. The zero-order valence-electron chi connectivity index (χ0n) is 20.1. The van der Waals surface area contributed by atoms with E-state index in [2.05, 4.69) is 0 Å². The van der Waals surface area contributed by atoms with E-state index in [4.69, 9.17) is 0 Å². The normalized spacial score (nSPS) is 13.2. The highest BCUT2D eigenvalue weighted by atomic mass is 32.2. The van der Waals surface area contributed by atoms with E-state index < -0.39 is 76.1 Å². The smallest absolute Gasteiger partial charge is 0.258 e. The molecule has 0 spiro atoms. The summed E-state index contributed by atoms with van der Waals surface area (Å²) in [6, 6.07) is 14.4. The van der Waals surface area contributed by atoms with Gasteiger partial charge in [0.25, 0.3) is 11.4 Å². The summed E-state index contributed by atoms with van der Waals surface area (Å²) in [5.74, 6) is -0.897. The molecule has 0 saturated heterocycles. The van der Waals surface area contributed by atoms with Crippen LogP contribution in [0.3, 0.4) is 0 Å². The average molecular weight is 593 g/mol. The van der Waals surface area contributed by atoms with Gasteiger partial charge in [0.05, 0.1) is 40.1 Å². The molecule has 204 valence electrons. The molecule has 0 amide bonds. The van der Waals surface area contributed by atoms with Gasteiger partial charge >= 0.3 is 0 Å². The predicted octanol–water partition coefficient (Wildman–Crippen LogP) is 4.01. The molecule has 0 fully saturated rings. The summed E-state index contributed by atoms with van der Waals surface area (Å²) in [5, 5.41) is 22.0. The fraction of sp³-hybridized carbons (Fsp3) is 0.0833. The second-order valence-electron chi connectivity index (χ2n) is 7.82. The summed E-state index contributed by atoms with van der Waals surface area (Å²) < 4.78 is 80.2. The van der Waals surface area contributed by atoms with Crippen LogP contribution in [0.25, 0.3) is 0 Å². The highest BCUT2D eigenvalue weighted by Crippen LogP contribution is 2.34. The van der Waals surface area contributed by atoms with E-state index in [-0.39, 0.29) is 4.90 Å². The Balaban J connectivity index is 2.21. The Bertz CT molecular complexity index is 1790. The van der Waals surface area contributed by atoms with E-state index in [0.717, 1.165) is 60.7 Å². The van der Waals surface area contributed by atoms with Crippen molar-refractivity contribution in [1.29, 1.82) is 0 Å². The molecule has 3 rings (SSSR count). The number of allylic oxidation sites excluding steroid dienone is 1. The fourth-order valence-electron chi connectivity index (χ4n) is 3.43. The molecular weight excluding hydrogens is 572 g/mol. The highest BCUT2D eigenvalue weighted by Gasteiger charge is 2.33. The second-order valence-corrected chi connectivity index (χ2v) is 13.7. The maximum Gasteiger partial charge on any atom is 0.269 e. The Morgan fingerprint density at radius 1 is 0.641 bits per heavy atom. The van der Waals surface area contributed by atoms with Gasteiger partial charge in [-0.2, -0.15) is 0 Å². The van der Waals surface area contributed by atoms with E-state index in [0.29, 0.717) is 0 Å². The van der Waals surface area contributed by atoms with Gasteiger partial charge in [0, 0.05) is 24.3 Å². The van der Waals surface area contributed by atoms with Gasteiger partial charge in [-0.3, -0.25) is 20.2 Å². The van der Waals surface area contributed by atoms with Gasteiger partial charge in [0.1, 0.15) is 0 Å². The molecule has 39 heavy (non-hydrogen) atoms. The van der Waals surface area contributed by atoms with Crippen LogP contribution in [0.2, 0.25) is 0 Å². The molecule has 0 heterocycles. The van der Waals surface area contributed by atoms with E-state index in [1.54, 1.807) is 6.07 Å². The second kappa shape index (κ2) is 11.3. The van der Waals surface area contributed by atoms with Gasteiger partial charge in [0.15, 0.2) is 9.84 Å². The van der Waals surface area contributed by atoms with Crippen molar-refractivity contribution in [2.24, 2.45) is 0 Å². The molecule has 0 N–H and O–H groups in total. The summed E-state index contributed by atoms with van der Waals surface area (Å²) in [6.45, 7) is 1.23. The topological polar surface area (TPSA) is 189 Å². The van der Waals surface area contributed by atoms with Gasteiger partial charge in [0.2, 0.25) is 19.7 Å². The summed E-state index contributed by atoms with van der Waals surface area (Å²) in [6.07, 6.45) is 1.71. The van der Waals surface area contributed by atoms with Crippen molar-refractivity contribution in [1.82, 2.24) is 0 Å². The first-order chi connectivity index (χ1) is 18.2. The van der Waals surface area contributed by atoms with Crippen LogP contribution >= 0.6 is 0 Å². The summed E-state index contributed by atoms with van der Waals surface area (Å²) in [4.78, 5) is 17.7. The molecular formula is C24H20N2O10S3. The standard InChI is InChI=1S/C24H20N2O10S3/c1-2-23(38(33,34)21-12-8-18(9-13-21)25(27)28)24(16-17-37(31,32)20-6-4-3-5-7-20)39(35,36)22-14-10-19(11-15-22)26(29)30/h2-16H,17H2,1H3/b23-2-,24-16-. The maximum absolute atomic E-state index is 13.7. The first-order valence-corrected chi connectivity index (χ1v) is 15.5. The van der Waals surface area contributed by atoms with Gasteiger partial charge in [-0.1, -0.05) is 24.3 Å². The lowest BCUT2D eigenvalue weighted by Crippen LogP contribution is -2.16. The van der Waals surface area contributed by atoms with Crippen molar-refractivity contribution < 1.29 is 35.1 Å². The molecule has 3 aromatic carbocycles. The Morgan fingerprint density at radius 3 is 1.44 bits per heavy atom. The lowest BCUT2D eigenvalue weighted by molar-refractivity contribution is -0.385. The average Bonchev–Trinajstić information content (AvgIpc) is 2.91. The maximum atomic E-state index is 13.7. The Morgan fingerprint density at radius 2 is 1.05 bits per heavy atom. The molecule has 0 aliphatic carbocycles. The van der Waals surface area contributed by atoms with E-state index in [1.807, 2.05) is 0 Å². The van der Waals surface area contributed by atoms with Crippen molar-refractivity contribution in [3.63, 3.8) is 0 Å². The van der Waals surface area contributed by atoms with Gasteiger partial charge in [-0.05, 0) is 49.4 Å². The molecule has 15 heteroatoms. The number of nitrogens with zero attached hydrogens (tertiary/aromatic N) is 2. The third-order valence-corrected chi connectivity index (χ3v) is 10.9. The van der Waals surface area contributed by atoms with Crippen molar-refractivity contribution in [3.05, 3.63) is 121 Å². The quantitative estimate of drug-likeness (QED) is 0.189. The highest BCUT2D eigenvalue weighted by molar-refractivity contribution is 8.00. The van der Waals surface area contributed by atoms with Crippen LogP contribution in [0.4, 0.5) is 11.4 Å². The van der Waals surface area contributed by atoms with Crippen molar-refractivity contribution in [2.45, 2.75) is 21.6 Å². The molecule has 0 saturated carbocycles. The Labute approximate surface area is 224 Å². The third kappa shape index (κ3) is 6.27. The van der Waals surface area contributed by atoms with Crippen LogP contribution in [-0.4, -0.2) is 40.9 Å². The number of hydrogen-bond acceptors (Lipinski definition) is 10. The number of benzene rings is 3. The minimum Gasteiger partial charge on any atom is -0.258 e.